The molecule has 0 radical (unpaired) electrons. The van der Waals surface area contributed by atoms with Crippen LogP contribution in [0.5, 0.6) is 0 Å². The van der Waals surface area contributed by atoms with Crippen molar-refractivity contribution in [1.29, 1.82) is 0 Å². The Labute approximate surface area is 115 Å². The van der Waals surface area contributed by atoms with E-state index in [0.29, 0.717) is 11.1 Å². The molecule has 4 heteroatoms. The fraction of sp³-hybridized carbons (Fsp3) is 0.467. The van der Waals surface area contributed by atoms with Crippen LogP contribution >= 0.6 is 0 Å². The van der Waals surface area contributed by atoms with Crippen LogP contribution in [0.15, 0.2) is 41.6 Å². The lowest BCUT2D eigenvalue weighted by molar-refractivity contribution is 0.412. The molecular formula is C15H23F2NSi. The Balaban J connectivity index is 2.91. The average molecular weight is 283 g/mol. The first-order valence-corrected chi connectivity index (χ1v) is 9.66. The van der Waals surface area contributed by atoms with Gasteiger partial charge in [-0.25, -0.2) is 0 Å². The highest BCUT2D eigenvalue weighted by molar-refractivity contribution is 6.95. The maximum Gasteiger partial charge on any atom is 0.267 e. The second-order valence-electron chi connectivity index (χ2n) is 5.75. The molecular weight excluding hydrogens is 260 g/mol. The van der Waals surface area contributed by atoms with Gasteiger partial charge in [0.1, 0.15) is 8.07 Å². The molecule has 1 aromatic carbocycles. The van der Waals surface area contributed by atoms with Gasteiger partial charge in [0.2, 0.25) is 0 Å². The van der Waals surface area contributed by atoms with Gasteiger partial charge in [-0.15, -0.1) is 0 Å². The Morgan fingerprint density at radius 1 is 1.16 bits per heavy atom. The van der Waals surface area contributed by atoms with Crippen LogP contribution in [0.1, 0.15) is 13.8 Å². The fourth-order valence-electron chi connectivity index (χ4n) is 2.04. The summed E-state index contributed by atoms with van der Waals surface area (Å²) in [7, 11) is -2.28. The topological polar surface area (TPSA) is 12.0 Å². The summed E-state index contributed by atoms with van der Waals surface area (Å²) in [6.45, 7) is 9.15. The van der Waals surface area contributed by atoms with Gasteiger partial charge in [-0.2, -0.15) is 8.78 Å². The lowest BCUT2D eigenvalue weighted by Gasteiger charge is -2.26. The van der Waals surface area contributed by atoms with Crippen LogP contribution in [-0.2, 0) is 0 Å². The van der Waals surface area contributed by atoms with E-state index >= 15 is 0 Å². The van der Waals surface area contributed by atoms with Gasteiger partial charge in [-0.05, 0) is 12.5 Å². The first kappa shape index (κ1) is 16.1. The van der Waals surface area contributed by atoms with Crippen molar-refractivity contribution in [2.45, 2.75) is 26.9 Å². The van der Waals surface area contributed by atoms with Crippen LogP contribution in [0, 0.1) is 5.92 Å². The minimum Gasteiger partial charge on any atom is -0.313 e. The molecule has 0 heterocycles. The van der Waals surface area contributed by atoms with Crippen molar-refractivity contribution in [3.63, 3.8) is 0 Å². The van der Waals surface area contributed by atoms with E-state index in [0.717, 1.165) is 11.7 Å². The summed E-state index contributed by atoms with van der Waals surface area (Å²) in [5.74, 6) is 0.463. The van der Waals surface area contributed by atoms with Crippen molar-refractivity contribution in [2.24, 2.45) is 5.92 Å². The molecule has 19 heavy (non-hydrogen) atoms. The van der Waals surface area contributed by atoms with E-state index < -0.39 is 14.2 Å². The predicted octanol–water partition coefficient (Wildman–Crippen LogP) is 3.54. The molecule has 0 unspecified atom stereocenters. The Morgan fingerprint density at radius 2 is 1.74 bits per heavy atom. The van der Waals surface area contributed by atoms with E-state index in [1.54, 1.807) is 0 Å². The van der Waals surface area contributed by atoms with Crippen molar-refractivity contribution in [1.82, 2.24) is 5.32 Å². The number of halogens is 2. The van der Waals surface area contributed by atoms with Crippen molar-refractivity contribution >= 4 is 13.3 Å². The molecule has 0 fully saturated rings. The molecule has 0 aliphatic heterocycles. The molecule has 106 valence electrons. The second kappa shape index (κ2) is 6.96. The number of benzene rings is 1. The number of rotatable bonds is 6. The van der Waals surface area contributed by atoms with Gasteiger partial charge in [0.15, 0.2) is 0 Å². The van der Waals surface area contributed by atoms with Gasteiger partial charge in [-0.3, -0.25) is 0 Å². The molecule has 0 atom stereocenters. The smallest absolute Gasteiger partial charge is 0.267 e. The van der Waals surface area contributed by atoms with Gasteiger partial charge >= 0.3 is 0 Å². The SMILES string of the molecule is CC(C)CNCC(=C(F)F)[Si](C)(C)c1ccccc1. The zero-order chi connectivity index (χ0) is 14.5. The lowest BCUT2D eigenvalue weighted by Crippen LogP contribution is -2.47. The minimum atomic E-state index is -2.28. The predicted molar refractivity (Wildman–Crippen MR) is 80.5 cm³/mol. The highest BCUT2D eigenvalue weighted by Crippen LogP contribution is 2.20. The molecule has 1 N–H and O–H groups in total. The van der Waals surface area contributed by atoms with Crippen LogP contribution < -0.4 is 10.5 Å². The molecule has 0 aliphatic rings. The molecule has 0 saturated heterocycles. The number of nitrogens with one attached hydrogen (secondary N) is 1. The van der Waals surface area contributed by atoms with Crippen LogP contribution in [0.25, 0.3) is 0 Å². The van der Waals surface area contributed by atoms with Gasteiger partial charge in [0.05, 0.1) is 0 Å². The van der Waals surface area contributed by atoms with Crippen LogP contribution in [0.4, 0.5) is 8.78 Å². The van der Waals surface area contributed by atoms with E-state index in [9.17, 15) is 8.78 Å². The number of hydrogen-bond acceptors (Lipinski definition) is 1. The van der Waals surface area contributed by atoms with E-state index in [-0.39, 0.29) is 6.54 Å². The Bertz CT molecular complexity index is 423. The van der Waals surface area contributed by atoms with Gasteiger partial charge in [0, 0.05) is 11.7 Å². The van der Waals surface area contributed by atoms with Gasteiger partial charge in [-0.1, -0.05) is 62.5 Å². The Morgan fingerprint density at radius 3 is 2.21 bits per heavy atom. The average Bonchev–Trinajstić information content (AvgIpc) is 2.34. The number of hydrogen-bond donors (Lipinski definition) is 1. The maximum atomic E-state index is 13.3. The Kier molecular flexibility index (Phi) is 5.88. The first-order valence-electron chi connectivity index (χ1n) is 6.66. The van der Waals surface area contributed by atoms with Crippen LogP contribution in [0.2, 0.25) is 13.1 Å². The second-order valence-corrected chi connectivity index (χ2v) is 10.2. The van der Waals surface area contributed by atoms with Crippen molar-refractivity contribution in [2.75, 3.05) is 13.1 Å². The molecule has 0 saturated carbocycles. The molecule has 0 spiro atoms. The van der Waals surface area contributed by atoms with Crippen molar-refractivity contribution in [3.8, 4) is 0 Å². The van der Waals surface area contributed by atoms with Crippen molar-refractivity contribution in [3.05, 3.63) is 41.6 Å². The normalized spacial score (nSPS) is 11.7. The largest absolute Gasteiger partial charge is 0.313 e. The van der Waals surface area contributed by atoms with Crippen molar-refractivity contribution < 1.29 is 8.78 Å². The van der Waals surface area contributed by atoms with E-state index in [1.165, 1.54) is 0 Å². The summed E-state index contributed by atoms with van der Waals surface area (Å²) >= 11 is 0. The molecule has 1 rings (SSSR count). The zero-order valence-corrected chi connectivity index (χ0v) is 13.1. The highest BCUT2D eigenvalue weighted by Gasteiger charge is 2.31. The van der Waals surface area contributed by atoms with E-state index in [4.69, 9.17) is 0 Å². The fourth-order valence-corrected chi connectivity index (χ4v) is 4.45. The molecule has 0 aromatic heterocycles. The van der Waals surface area contributed by atoms with Crippen LogP contribution in [-0.4, -0.2) is 21.2 Å². The maximum absolute atomic E-state index is 13.3. The molecule has 1 nitrogen and oxygen atoms in total. The monoisotopic (exact) mass is 283 g/mol. The minimum absolute atomic E-state index is 0.286. The molecule has 0 bridgehead atoms. The van der Waals surface area contributed by atoms with E-state index in [1.807, 2.05) is 43.4 Å². The van der Waals surface area contributed by atoms with Gasteiger partial charge in [0.25, 0.3) is 6.08 Å². The Hall–Kier alpha value is -1.00. The summed E-state index contributed by atoms with van der Waals surface area (Å²) in [5.41, 5.74) is 0. The zero-order valence-electron chi connectivity index (χ0n) is 12.1. The standard InChI is InChI=1S/C15H23F2NSi/c1-12(2)10-18-11-14(15(16)17)19(3,4)13-8-6-5-7-9-13/h5-9,12,18H,10-11H2,1-4H3. The summed E-state index contributed by atoms with van der Waals surface area (Å²) in [6.07, 6.45) is -1.52. The molecule has 1 aromatic rings. The third kappa shape index (κ3) is 4.55. The molecule has 0 amide bonds. The van der Waals surface area contributed by atoms with Gasteiger partial charge < -0.3 is 5.32 Å². The van der Waals surface area contributed by atoms with Crippen LogP contribution in [0.3, 0.4) is 0 Å². The third-order valence-electron chi connectivity index (χ3n) is 3.33. The quantitative estimate of drug-likeness (QED) is 0.788. The third-order valence-corrected chi connectivity index (χ3v) is 6.98. The summed E-state index contributed by atoms with van der Waals surface area (Å²) in [4.78, 5) is 0. The summed E-state index contributed by atoms with van der Waals surface area (Å²) in [6, 6.07) is 9.66. The summed E-state index contributed by atoms with van der Waals surface area (Å²) < 4.78 is 26.6. The highest BCUT2D eigenvalue weighted by atomic mass is 28.3. The molecule has 0 aliphatic carbocycles. The lowest BCUT2D eigenvalue weighted by atomic mass is 10.2. The van der Waals surface area contributed by atoms with E-state index in [2.05, 4.69) is 19.2 Å². The summed E-state index contributed by atoms with van der Waals surface area (Å²) in [5, 5.41) is 4.49. The first-order chi connectivity index (χ1) is 8.85.